The third-order valence-electron chi connectivity index (χ3n) is 5.93. The van der Waals surface area contributed by atoms with E-state index in [1.165, 1.54) is 26.7 Å². The second-order valence-electron chi connectivity index (χ2n) is 9.76. The van der Waals surface area contributed by atoms with Crippen LogP contribution in [0.15, 0.2) is 0 Å². The monoisotopic (exact) mass is 570 g/mol. The van der Waals surface area contributed by atoms with E-state index in [0.29, 0.717) is 18.7 Å². The maximum atomic E-state index is 13.4. The third kappa shape index (κ3) is 15.2. The van der Waals surface area contributed by atoms with E-state index in [2.05, 4.69) is 29.4 Å². The van der Waals surface area contributed by atoms with Crippen LogP contribution in [0, 0.1) is 5.41 Å². The van der Waals surface area contributed by atoms with Crippen molar-refractivity contribution in [2.45, 2.75) is 97.2 Å². The van der Waals surface area contributed by atoms with Crippen molar-refractivity contribution in [3.63, 3.8) is 0 Å². The van der Waals surface area contributed by atoms with Gasteiger partial charge in [-0.3, -0.25) is 28.3 Å². The van der Waals surface area contributed by atoms with Crippen LogP contribution < -0.4 is 5.32 Å². The summed E-state index contributed by atoms with van der Waals surface area (Å²) in [5.74, 6) is -1.79. The topological polar surface area (TPSA) is 163 Å². The Kier molecular flexibility index (Phi) is 18.6. The molecule has 1 unspecified atom stereocenters. The number of phosphoric acid groups is 1. The summed E-state index contributed by atoms with van der Waals surface area (Å²) in [6.07, 6.45) is 4.40. The minimum atomic E-state index is -4.68. The Morgan fingerprint density at radius 3 is 2.24 bits per heavy atom. The number of carbonyl (C=O) groups is 3. The molecule has 0 aliphatic heterocycles. The summed E-state index contributed by atoms with van der Waals surface area (Å²) in [5.41, 5.74) is -1.38. The number of hydrogen-bond donors (Lipinski definition) is 5. The van der Waals surface area contributed by atoms with Gasteiger partial charge < -0.3 is 20.4 Å². The standard InChI is InChI=1S/C24H47N2O9PS/c1-5-6-7-8-9-10-11-12-19(28)17-21(30)26(15-13-20(29)25-14-16-37)23(31)22(24(2,3)18-27)35-36(32,33)34-4/h19,22,27-28,37H,5-18H2,1-4H3,(H,25,29)(H,32,33)/t19-,22+/m1/s1. The Bertz CT molecular complexity index is 739. The molecule has 0 saturated heterocycles. The summed E-state index contributed by atoms with van der Waals surface area (Å²) in [6.45, 7) is 4.33. The molecule has 0 heterocycles. The average Bonchev–Trinajstić information content (AvgIpc) is 2.85. The number of phosphoric ester groups is 1. The number of nitrogens with one attached hydrogen (secondary N) is 1. The zero-order chi connectivity index (χ0) is 28.5. The predicted molar refractivity (Wildman–Crippen MR) is 144 cm³/mol. The maximum Gasteiger partial charge on any atom is 0.472 e. The molecular weight excluding hydrogens is 523 g/mol. The van der Waals surface area contributed by atoms with Crippen molar-refractivity contribution in [3.05, 3.63) is 0 Å². The molecule has 0 bridgehead atoms. The van der Waals surface area contributed by atoms with Gasteiger partial charge in [0.15, 0.2) is 6.10 Å². The summed E-state index contributed by atoms with van der Waals surface area (Å²) in [7, 11) is -3.76. The van der Waals surface area contributed by atoms with Gasteiger partial charge >= 0.3 is 7.82 Å². The number of unbranched alkanes of at least 4 members (excludes halogenated alkanes) is 6. The largest absolute Gasteiger partial charge is 0.472 e. The molecule has 0 aromatic rings. The first-order chi connectivity index (χ1) is 17.3. The van der Waals surface area contributed by atoms with E-state index in [1.54, 1.807) is 0 Å². The zero-order valence-electron chi connectivity index (χ0n) is 22.7. The van der Waals surface area contributed by atoms with E-state index in [9.17, 15) is 34.1 Å². The van der Waals surface area contributed by atoms with Crippen LogP contribution in [0.4, 0.5) is 0 Å². The summed E-state index contributed by atoms with van der Waals surface area (Å²) in [4.78, 5) is 49.2. The van der Waals surface area contributed by atoms with Crippen LogP contribution in [-0.4, -0.2) is 82.5 Å². The smallest absolute Gasteiger partial charge is 0.396 e. The van der Waals surface area contributed by atoms with Crippen LogP contribution in [0.5, 0.6) is 0 Å². The fraction of sp³-hybridized carbons (Fsp3) is 0.875. The van der Waals surface area contributed by atoms with Crippen molar-refractivity contribution in [2.75, 3.05) is 32.6 Å². The van der Waals surface area contributed by atoms with Crippen LogP contribution in [-0.2, 0) is 28.0 Å². The first-order valence-electron chi connectivity index (χ1n) is 12.9. The van der Waals surface area contributed by atoms with E-state index in [0.717, 1.165) is 44.1 Å². The highest BCUT2D eigenvalue weighted by Crippen LogP contribution is 2.46. The molecule has 13 heteroatoms. The highest BCUT2D eigenvalue weighted by atomic mass is 32.1. The fourth-order valence-corrected chi connectivity index (χ4v) is 4.37. The van der Waals surface area contributed by atoms with Crippen molar-refractivity contribution in [1.29, 1.82) is 0 Å². The first kappa shape index (κ1) is 36.0. The predicted octanol–water partition coefficient (Wildman–Crippen LogP) is 2.82. The molecule has 0 aliphatic rings. The van der Waals surface area contributed by atoms with Crippen LogP contribution in [0.3, 0.4) is 0 Å². The number of nitrogens with zero attached hydrogens (tertiary/aromatic N) is 1. The molecule has 3 atom stereocenters. The number of aliphatic hydroxyl groups is 2. The minimum Gasteiger partial charge on any atom is -0.396 e. The first-order valence-corrected chi connectivity index (χ1v) is 15.1. The molecule has 0 aromatic heterocycles. The quantitative estimate of drug-likeness (QED) is 0.0793. The van der Waals surface area contributed by atoms with Crippen LogP contribution >= 0.6 is 20.5 Å². The second kappa shape index (κ2) is 19.1. The molecule has 0 aliphatic carbocycles. The van der Waals surface area contributed by atoms with E-state index in [4.69, 9.17) is 4.52 Å². The Morgan fingerprint density at radius 2 is 1.70 bits per heavy atom. The minimum absolute atomic E-state index is 0.230. The van der Waals surface area contributed by atoms with Crippen LogP contribution in [0.25, 0.3) is 0 Å². The van der Waals surface area contributed by atoms with Crippen molar-refractivity contribution >= 4 is 38.2 Å². The molecule has 0 spiro atoms. The third-order valence-corrected chi connectivity index (χ3v) is 7.09. The lowest BCUT2D eigenvalue weighted by atomic mass is 9.86. The van der Waals surface area contributed by atoms with Crippen LogP contribution in [0.2, 0.25) is 0 Å². The lowest BCUT2D eigenvalue weighted by Gasteiger charge is -2.35. The molecule has 11 nitrogen and oxygen atoms in total. The molecule has 0 rings (SSSR count). The number of imide groups is 1. The Morgan fingerprint density at radius 1 is 1.11 bits per heavy atom. The van der Waals surface area contributed by atoms with Gasteiger partial charge in [-0.1, -0.05) is 65.7 Å². The lowest BCUT2D eigenvalue weighted by molar-refractivity contribution is -0.156. The van der Waals surface area contributed by atoms with Crippen LogP contribution in [0.1, 0.15) is 85.0 Å². The molecule has 4 N–H and O–H groups in total. The van der Waals surface area contributed by atoms with Crippen molar-refractivity contribution in [1.82, 2.24) is 10.2 Å². The molecule has 37 heavy (non-hydrogen) atoms. The van der Waals surface area contributed by atoms with Gasteiger partial charge in [-0.25, -0.2) is 4.57 Å². The van der Waals surface area contributed by atoms with E-state index < -0.39 is 49.8 Å². The average molecular weight is 571 g/mol. The van der Waals surface area contributed by atoms with E-state index in [1.807, 2.05) is 0 Å². The maximum absolute atomic E-state index is 13.4. The van der Waals surface area contributed by atoms with Crippen molar-refractivity contribution in [2.24, 2.45) is 5.41 Å². The lowest BCUT2D eigenvalue weighted by Crippen LogP contribution is -2.52. The number of carbonyl (C=O) groups excluding carboxylic acids is 3. The van der Waals surface area contributed by atoms with Gasteiger partial charge in [-0.15, -0.1) is 0 Å². The van der Waals surface area contributed by atoms with Gasteiger partial charge in [0, 0.05) is 37.8 Å². The van der Waals surface area contributed by atoms with Gasteiger partial charge in [-0.2, -0.15) is 12.6 Å². The highest BCUT2D eigenvalue weighted by molar-refractivity contribution is 7.80. The van der Waals surface area contributed by atoms with Gasteiger partial charge in [0.1, 0.15) is 0 Å². The van der Waals surface area contributed by atoms with E-state index in [-0.39, 0.29) is 19.4 Å². The number of thiol groups is 1. The second-order valence-corrected chi connectivity index (χ2v) is 11.7. The Hall–Kier alpha value is -1.01. The normalized spacial score (nSPS) is 15.0. The number of rotatable bonds is 21. The highest BCUT2D eigenvalue weighted by Gasteiger charge is 2.44. The zero-order valence-corrected chi connectivity index (χ0v) is 24.5. The summed E-state index contributed by atoms with van der Waals surface area (Å²) < 4.78 is 21.6. The summed E-state index contributed by atoms with van der Waals surface area (Å²) in [5, 5.41) is 22.8. The van der Waals surface area contributed by atoms with Crippen molar-refractivity contribution in [3.8, 4) is 0 Å². The van der Waals surface area contributed by atoms with E-state index >= 15 is 0 Å². The van der Waals surface area contributed by atoms with Gasteiger partial charge in [-0.05, 0) is 6.42 Å². The SMILES string of the molecule is CCCCCCCCC[C@@H](O)CC(=O)N(CCC(=O)NCCS)C(=O)[C@H](OP(=O)(O)OC)C(C)(C)CO. The molecule has 0 aromatic carbocycles. The number of amides is 3. The number of hydrogen-bond acceptors (Lipinski definition) is 9. The number of aliphatic hydroxyl groups excluding tert-OH is 2. The van der Waals surface area contributed by atoms with Gasteiger partial charge in [0.2, 0.25) is 11.8 Å². The molecule has 218 valence electrons. The van der Waals surface area contributed by atoms with Gasteiger partial charge in [0.25, 0.3) is 5.91 Å². The molecule has 0 fully saturated rings. The molecular formula is C24H47N2O9PS. The molecule has 0 saturated carbocycles. The van der Waals surface area contributed by atoms with Gasteiger partial charge in [0.05, 0.1) is 19.1 Å². The Labute approximate surface area is 226 Å². The fourth-order valence-electron chi connectivity index (χ4n) is 3.53. The molecule has 3 amide bonds. The summed E-state index contributed by atoms with van der Waals surface area (Å²) in [6, 6.07) is 0. The summed E-state index contributed by atoms with van der Waals surface area (Å²) >= 11 is 4.02. The molecule has 0 radical (unpaired) electrons. The van der Waals surface area contributed by atoms with Crippen molar-refractivity contribution < 1.29 is 43.1 Å². The Balaban J connectivity index is 5.49.